The minimum atomic E-state index is 0.252. The van der Waals surface area contributed by atoms with E-state index < -0.39 is 0 Å². The van der Waals surface area contributed by atoms with Crippen LogP contribution in [0.3, 0.4) is 0 Å². The van der Waals surface area contributed by atoms with Gasteiger partial charge in [-0.25, -0.2) is 0 Å². The molecule has 0 saturated carbocycles. The van der Waals surface area contributed by atoms with Gasteiger partial charge in [0.1, 0.15) is 0 Å². The number of rotatable bonds is 0. The minimum absolute atomic E-state index is 0.252. The second-order valence-electron chi connectivity index (χ2n) is 2.46. The van der Waals surface area contributed by atoms with E-state index in [-0.39, 0.29) is 10.0 Å². The van der Waals surface area contributed by atoms with Crippen LogP contribution in [0.1, 0.15) is 0 Å². The lowest BCUT2D eigenvalue weighted by molar-refractivity contribution is 0.572. The Hall–Kier alpha value is -0.0800. The highest BCUT2D eigenvalue weighted by Crippen LogP contribution is 2.43. The van der Waals surface area contributed by atoms with Crippen LogP contribution < -0.4 is 0 Å². The first-order valence-electron chi connectivity index (χ1n) is 3.30. The predicted octanol–water partition coefficient (Wildman–Crippen LogP) is 5.05. The maximum absolute atomic E-state index is 5.91. The number of hydrogen-bond donors (Lipinski definition) is 0. The molecule has 0 atom stereocenters. The number of fused-ring (bicyclic) bond motifs is 1. The van der Waals surface area contributed by atoms with Gasteiger partial charge >= 0.3 is 0 Å². The Morgan fingerprint density at radius 3 is 1.46 bits per heavy atom. The molecule has 0 bridgehead atoms. The van der Waals surface area contributed by atoms with Gasteiger partial charge in [0.15, 0.2) is 0 Å². The molecule has 1 heterocycles. The van der Waals surface area contributed by atoms with Gasteiger partial charge in [-0.3, -0.25) is 0 Å². The third-order valence-corrected chi connectivity index (χ3v) is 3.54. The molecule has 68 valence electrons. The summed E-state index contributed by atoms with van der Waals surface area (Å²) in [4.78, 5) is 0. The van der Waals surface area contributed by atoms with Crippen LogP contribution in [0.15, 0.2) is 16.9 Å². The highest BCUT2D eigenvalue weighted by molar-refractivity contribution is 6.55. The van der Waals surface area contributed by atoms with E-state index in [1.165, 1.54) is 12.5 Å². The molecule has 0 aliphatic heterocycles. The quantitative estimate of drug-likeness (QED) is 0.475. The lowest BCUT2D eigenvalue weighted by Crippen LogP contribution is -1.76. The summed E-state index contributed by atoms with van der Waals surface area (Å²) in [6.45, 7) is 0. The van der Waals surface area contributed by atoms with Crippen LogP contribution in [0.5, 0.6) is 0 Å². The van der Waals surface area contributed by atoms with Crippen molar-refractivity contribution in [3.05, 3.63) is 32.6 Å². The van der Waals surface area contributed by atoms with Crippen molar-refractivity contribution in [3.63, 3.8) is 0 Å². The predicted molar refractivity (Wildman–Crippen MR) is 56.3 cm³/mol. The normalized spacial score (nSPS) is 11.1. The molecule has 0 radical (unpaired) electrons. The van der Waals surface area contributed by atoms with Gasteiger partial charge in [0.2, 0.25) is 0 Å². The summed E-state index contributed by atoms with van der Waals surface area (Å²) in [5.74, 6) is 0. The van der Waals surface area contributed by atoms with Gasteiger partial charge < -0.3 is 4.42 Å². The molecule has 0 amide bonds. The molecular weight excluding hydrogens is 254 g/mol. The smallest absolute Gasteiger partial charge is 0.0997 e. The number of halogens is 4. The lowest BCUT2D eigenvalue weighted by Gasteiger charge is -2.02. The molecule has 0 spiro atoms. The van der Waals surface area contributed by atoms with E-state index in [0.717, 1.165) is 0 Å². The zero-order valence-electron chi connectivity index (χ0n) is 6.07. The first-order chi connectivity index (χ1) is 6.13. The van der Waals surface area contributed by atoms with Crippen LogP contribution in [0, 0.1) is 0 Å². The van der Waals surface area contributed by atoms with E-state index in [1.54, 1.807) is 0 Å². The van der Waals surface area contributed by atoms with Gasteiger partial charge in [-0.15, -0.1) is 0 Å². The Balaban J connectivity index is 3.02. The molecule has 0 aliphatic rings. The Kier molecular flexibility index (Phi) is 2.37. The fourth-order valence-corrected chi connectivity index (χ4v) is 2.04. The highest BCUT2D eigenvalue weighted by Gasteiger charge is 2.15. The summed E-state index contributed by atoms with van der Waals surface area (Å²) < 4.78 is 4.95. The van der Waals surface area contributed by atoms with Gasteiger partial charge in [0, 0.05) is 10.8 Å². The SMILES string of the molecule is Clc1c(Cl)c(Cl)c2cocc2c1Cl. The number of benzene rings is 1. The molecule has 13 heavy (non-hydrogen) atoms. The first kappa shape index (κ1) is 9.47. The van der Waals surface area contributed by atoms with E-state index in [0.29, 0.717) is 20.8 Å². The van der Waals surface area contributed by atoms with Crippen LogP contribution in [-0.2, 0) is 0 Å². The van der Waals surface area contributed by atoms with Crippen molar-refractivity contribution in [2.75, 3.05) is 0 Å². The molecule has 2 rings (SSSR count). The number of furan rings is 1. The molecule has 0 aliphatic carbocycles. The molecule has 0 saturated heterocycles. The van der Waals surface area contributed by atoms with Crippen LogP contribution in [0.4, 0.5) is 0 Å². The minimum Gasteiger partial charge on any atom is -0.471 e. The first-order valence-corrected chi connectivity index (χ1v) is 4.82. The standard InChI is InChI=1S/C8H2Cl4O/c9-5-3-1-13-2-4(3)6(10)8(12)7(5)11/h1-2H. The fourth-order valence-electron chi connectivity index (χ4n) is 1.07. The Morgan fingerprint density at radius 2 is 1.08 bits per heavy atom. The average molecular weight is 256 g/mol. The maximum atomic E-state index is 5.91. The Bertz CT molecular complexity index is 432. The molecule has 1 nitrogen and oxygen atoms in total. The maximum Gasteiger partial charge on any atom is 0.0997 e. The summed E-state index contributed by atoms with van der Waals surface area (Å²) in [6.07, 6.45) is 2.96. The third kappa shape index (κ3) is 1.31. The monoisotopic (exact) mass is 254 g/mol. The highest BCUT2D eigenvalue weighted by atomic mass is 35.5. The topological polar surface area (TPSA) is 13.1 Å². The molecule has 0 fully saturated rings. The van der Waals surface area contributed by atoms with E-state index in [1.807, 2.05) is 0 Å². The van der Waals surface area contributed by atoms with Crippen molar-refractivity contribution in [1.82, 2.24) is 0 Å². The fraction of sp³-hybridized carbons (Fsp3) is 0. The zero-order valence-corrected chi connectivity index (χ0v) is 9.10. The number of hydrogen-bond acceptors (Lipinski definition) is 1. The summed E-state index contributed by atoms with van der Waals surface area (Å²) in [7, 11) is 0. The molecule has 5 heteroatoms. The van der Waals surface area contributed by atoms with Crippen molar-refractivity contribution >= 4 is 57.2 Å². The molecule has 0 N–H and O–H groups in total. The van der Waals surface area contributed by atoms with Crippen molar-refractivity contribution in [1.29, 1.82) is 0 Å². The second-order valence-corrected chi connectivity index (χ2v) is 3.97. The van der Waals surface area contributed by atoms with E-state index in [2.05, 4.69) is 0 Å². The lowest BCUT2D eigenvalue weighted by atomic mass is 10.2. The Morgan fingerprint density at radius 1 is 0.692 bits per heavy atom. The summed E-state index contributed by atoms with van der Waals surface area (Å²) in [6, 6.07) is 0. The van der Waals surface area contributed by atoms with E-state index in [4.69, 9.17) is 50.8 Å². The molecule has 2 aromatic rings. The molecule has 1 aromatic heterocycles. The molecular formula is C8H2Cl4O. The van der Waals surface area contributed by atoms with Gasteiger partial charge in [0.05, 0.1) is 32.6 Å². The zero-order chi connectivity index (χ0) is 9.59. The molecule has 0 unspecified atom stereocenters. The van der Waals surface area contributed by atoms with Crippen molar-refractivity contribution in [3.8, 4) is 0 Å². The van der Waals surface area contributed by atoms with Gasteiger partial charge in [-0.1, -0.05) is 46.4 Å². The summed E-state index contributed by atoms with van der Waals surface area (Å²) in [5, 5.41) is 2.56. The third-order valence-electron chi connectivity index (χ3n) is 1.71. The van der Waals surface area contributed by atoms with Gasteiger partial charge in [-0.05, 0) is 0 Å². The van der Waals surface area contributed by atoms with Crippen LogP contribution in [-0.4, -0.2) is 0 Å². The molecule has 1 aromatic carbocycles. The van der Waals surface area contributed by atoms with Crippen LogP contribution >= 0.6 is 46.4 Å². The largest absolute Gasteiger partial charge is 0.471 e. The van der Waals surface area contributed by atoms with Crippen LogP contribution in [0.25, 0.3) is 10.8 Å². The average Bonchev–Trinajstić information content (AvgIpc) is 2.59. The van der Waals surface area contributed by atoms with Crippen molar-refractivity contribution in [2.24, 2.45) is 0 Å². The van der Waals surface area contributed by atoms with E-state index in [9.17, 15) is 0 Å². The van der Waals surface area contributed by atoms with Gasteiger partial charge in [-0.2, -0.15) is 0 Å². The van der Waals surface area contributed by atoms with Crippen molar-refractivity contribution in [2.45, 2.75) is 0 Å². The Labute approximate surface area is 94.1 Å². The summed E-state index contributed by atoms with van der Waals surface area (Å²) in [5.41, 5.74) is 0. The van der Waals surface area contributed by atoms with Gasteiger partial charge in [0.25, 0.3) is 0 Å². The summed E-state index contributed by atoms with van der Waals surface area (Å²) >= 11 is 23.5. The second kappa shape index (κ2) is 3.25. The van der Waals surface area contributed by atoms with Crippen molar-refractivity contribution < 1.29 is 4.42 Å². The van der Waals surface area contributed by atoms with E-state index >= 15 is 0 Å². The van der Waals surface area contributed by atoms with Crippen LogP contribution in [0.2, 0.25) is 20.1 Å².